The summed E-state index contributed by atoms with van der Waals surface area (Å²) in [5, 5.41) is 5.55. The summed E-state index contributed by atoms with van der Waals surface area (Å²) in [6.45, 7) is 0.340. The van der Waals surface area contributed by atoms with Gasteiger partial charge in [0.25, 0.3) is 0 Å². The Balaban J connectivity index is 1.79. The van der Waals surface area contributed by atoms with E-state index in [4.69, 9.17) is 0 Å². The number of halogens is 1. The van der Waals surface area contributed by atoms with E-state index in [1.165, 1.54) is 18.6 Å². The van der Waals surface area contributed by atoms with Crippen molar-refractivity contribution in [1.82, 2.24) is 15.5 Å². The van der Waals surface area contributed by atoms with E-state index in [0.717, 1.165) is 31.2 Å². The molecule has 5 nitrogen and oxygen atoms in total. The zero-order valence-electron chi connectivity index (χ0n) is 15.1. The quantitative estimate of drug-likeness (QED) is 0.794. The number of hydrogen-bond donors (Lipinski definition) is 2. The Hall–Kier alpha value is -1.95. The fourth-order valence-electron chi connectivity index (χ4n) is 3.26. The second-order valence-corrected chi connectivity index (χ2v) is 6.89. The van der Waals surface area contributed by atoms with Crippen LogP contribution in [0.2, 0.25) is 0 Å². The molecule has 1 saturated carbocycles. The fourth-order valence-corrected chi connectivity index (χ4v) is 3.26. The van der Waals surface area contributed by atoms with E-state index in [1.807, 2.05) is 25.1 Å². The molecule has 0 bridgehead atoms. The van der Waals surface area contributed by atoms with Crippen LogP contribution in [0.4, 0.5) is 4.39 Å². The van der Waals surface area contributed by atoms with Crippen LogP contribution in [0.3, 0.4) is 0 Å². The first kappa shape index (κ1) is 19.4. The lowest BCUT2D eigenvalue weighted by Crippen LogP contribution is -2.42. The third kappa shape index (κ3) is 6.12. The van der Waals surface area contributed by atoms with Crippen LogP contribution >= 0.6 is 0 Å². The molecule has 25 heavy (non-hydrogen) atoms. The van der Waals surface area contributed by atoms with E-state index in [2.05, 4.69) is 10.6 Å². The Kier molecular flexibility index (Phi) is 7.37. The van der Waals surface area contributed by atoms with Gasteiger partial charge in [0, 0.05) is 12.5 Å². The van der Waals surface area contributed by atoms with E-state index in [0.29, 0.717) is 6.54 Å². The van der Waals surface area contributed by atoms with Gasteiger partial charge in [-0.2, -0.15) is 0 Å². The second kappa shape index (κ2) is 9.51. The van der Waals surface area contributed by atoms with Crippen molar-refractivity contribution in [3.8, 4) is 0 Å². The zero-order chi connectivity index (χ0) is 18.2. The molecule has 1 aliphatic carbocycles. The highest BCUT2D eigenvalue weighted by atomic mass is 19.1. The minimum atomic E-state index is -0.296. The zero-order valence-corrected chi connectivity index (χ0v) is 15.1. The normalized spacial score (nSPS) is 16.5. The topological polar surface area (TPSA) is 61.4 Å². The highest BCUT2D eigenvalue weighted by Crippen LogP contribution is 2.23. The highest BCUT2D eigenvalue weighted by molar-refractivity contribution is 5.85. The van der Waals surface area contributed by atoms with Crippen molar-refractivity contribution in [3.05, 3.63) is 35.6 Å². The second-order valence-electron chi connectivity index (χ2n) is 6.89. The van der Waals surface area contributed by atoms with Gasteiger partial charge in [0.15, 0.2) is 0 Å². The molecule has 138 valence electrons. The van der Waals surface area contributed by atoms with Crippen LogP contribution in [-0.4, -0.2) is 43.9 Å². The third-order valence-electron chi connectivity index (χ3n) is 4.75. The first-order valence-electron chi connectivity index (χ1n) is 8.93. The molecule has 2 N–H and O–H groups in total. The lowest BCUT2D eigenvalue weighted by atomic mass is 9.89. The van der Waals surface area contributed by atoms with E-state index in [1.54, 1.807) is 6.07 Å². The smallest absolute Gasteiger partial charge is 0.239 e. The van der Waals surface area contributed by atoms with Gasteiger partial charge in [-0.1, -0.05) is 31.4 Å². The molecule has 0 unspecified atom stereocenters. The summed E-state index contributed by atoms with van der Waals surface area (Å²) in [5.41, 5.74) is 0.802. The number of hydrogen-bond acceptors (Lipinski definition) is 3. The minimum Gasteiger partial charge on any atom is -0.353 e. The van der Waals surface area contributed by atoms with Crippen LogP contribution in [0.1, 0.15) is 43.7 Å². The van der Waals surface area contributed by atoms with Crippen LogP contribution in [0.15, 0.2) is 24.3 Å². The molecule has 2 amide bonds. The minimum absolute atomic E-state index is 0.0152. The molecule has 6 heteroatoms. The number of amides is 2. The van der Waals surface area contributed by atoms with E-state index in [-0.39, 0.29) is 36.1 Å². The van der Waals surface area contributed by atoms with Crippen molar-refractivity contribution in [3.63, 3.8) is 0 Å². The summed E-state index contributed by atoms with van der Waals surface area (Å²) in [7, 11) is 3.76. The molecule has 1 fully saturated rings. The van der Waals surface area contributed by atoms with Crippen LogP contribution in [0, 0.1) is 11.7 Å². The maximum Gasteiger partial charge on any atom is 0.239 e. The van der Waals surface area contributed by atoms with Gasteiger partial charge in [-0.05, 0) is 44.6 Å². The van der Waals surface area contributed by atoms with Gasteiger partial charge in [0.2, 0.25) is 11.8 Å². The first-order chi connectivity index (χ1) is 12.0. The van der Waals surface area contributed by atoms with Gasteiger partial charge in [-0.15, -0.1) is 0 Å². The predicted molar refractivity (Wildman–Crippen MR) is 95.4 cm³/mol. The van der Waals surface area contributed by atoms with Crippen molar-refractivity contribution in [2.75, 3.05) is 27.2 Å². The number of nitrogens with one attached hydrogen (secondary N) is 2. The molecule has 0 radical (unpaired) electrons. The van der Waals surface area contributed by atoms with Crippen LogP contribution < -0.4 is 10.6 Å². The highest BCUT2D eigenvalue weighted by Gasteiger charge is 2.21. The number of nitrogens with zero attached hydrogens (tertiary/aromatic N) is 1. The average Bonchev–Trinajstić information content (AvgIpc) is 2.60. The maximum atomic E-state index is 13.4. The van der Waals surface area contributed by atoms with Crippen LogP contribution in [0.5, 0.6) is 0 Å². The van der Waals surface area contributed by atoms with E-state index in [9.17, 15) is 14.0 Å². The molecule has 0 spiro atoms. The maximum absolute atomic E-state index is 13.4. The number of rotatable bonds is 7. The lowest BCUT2D eigenvalue weighted by Gasteiger charge is -2.25. The number of carbonyl (C=O) groups excluding carboxylic acids is 2. The standard InChI is InChI=1S/C19H28FN3O2/c1-23(2)17(15-9-6-10-16(20)11-15)12-21-18(24)13-22-19(25)14-7-4-3-5-8-14/h6,9-11,14,17H,3-5,7-8,12-13H2,1-2H3,(H,21,24)(H,22,25)/t17-/m1/s1. The molecule has 0 saturated heterocycles. The van der Waals surface area contributed by atoms with Crippen molar-refractivity contribution < 1.29 is 14.0 Å². The predicted octanol–water partition coefficient (Wildman–Crippen LogP) is 2.24. The van der Waals surface area contributed by atoms with Crippen molar-refractivity contribution in [2.24, 2.45) is 5.92 Å². The van der Waals surface area contributed by atoms with Crippen molar-refractivity contribution in [2.45, 2.75) is 38.1 Å². The Morgan fingerprint density at radius 1 is 1.20 bits per heavy atom. The van der Waals surface area contributed by atoms with Gasteiger partial charge in [0.05, 0.1) is 12.6 Å². The summed E-state index contributed by atoms with van der Waals surface area (Å²) < 4.78 is 13.4. The summed E-state index contributed by atoms with van der Waals surface area (Å²) >= 11 is 0. The van der Waals surface area contributed by atoms with Gasteiger partial charge >= 0.3 is 0 Å². The molecular formula is C19H28FN3O2. The summed E-state index contributed by atoms with van der Waals surface area (Å²) in [4.78, 5) is 26.0. The fraction of sp³-hybridized carbons (Fsp3) is 0.579. The largest absolute Gasteiger partial charge is 0.353 e. The molecule has 0 aliphatic heterocycles. The third-order valence-corrected chi connectivity index (χ3v) is 4.75. The monoisotopic (exact) mass is 349 g/mol. The number of benzene rings is 1. The summed E-state index contributed by atoms with van der Waals surface area (Å²) in [6.07, 6.45) is 5.19. The SMILES string of the molecule is CN(C)[C@H](CNC(=O)CNC(=O)C1CCCCC1)c1cccc(F)c1. The first-order valence-corrected chi connectivity index (χ1v) is 8.93. The summed E-state index contributed by atoms with van der Waals surface area (Å²) in [5.74, 6) is -0.504. The van der Waals surface area contributed by atoms with Gasteiger partial charge in [0.1, 0.15) is 5.82 Å². The van der Waals surface area contributed by atoms with Gasteiger partial charge in [-0.25, -0.2) is 4.39 Å². The van der Waals surface area contributed by atoms with Crippen molar-refractivity contribution >= 4 is 11.8 Å². The molecule has 2 rings (SSSR count). The van der Waals surface area contributed by atoms with Crippen LogP contribution in [-0.2, 0) is 9.59 Å². The van der Waals surface area contributed by atoms with Crippen LogP contribution in [0.25, 0.3) is 0 Å². The van der Waals surface area contributed by atoms with Crippen molar-refractivity contribution in [1.29, 1.82) is 0 Å². The summed E-state index contributed by atoms with van der Waals surface area (Å²) in [6, 6.07) is 6.24. The average molecular weight is 349 g/mol. The lowest BCUT2D eigenvalue weighted by molar-refractivity contribution is -0.129. The molecule has 1 aromatic carbocycles. The number of carbonyl (C=O) groups is 2. The molecule has 0 aromatic heterocycles. The molecule has 1 aromatic rings. The van der Waals surface area contributed by atoms with Gasteiger partial charge in [-0.3, -0.25) is 9.59 Å². The Bertz CT molecular complexity index is 586. The van der Waals surface area contributed by atoms with E-state index < -0.39 is 0 Å². The molecule has 0 heterocycles. The Morgan fingerprint density at radius 2 is 1.92 bits per heavy atom. The van der Waals surface area contributed by atoms with Gasteiger partial charge < -0.3 is 15.5 Å². The van der Waals surface area contributed by atoms with E-state index >= 15 is 0 Å². The molecule has 1 atom stereocenters. The Morgan fingerprint density at radius 3 is 2.56 bits per heavy atom. The molecular weight excluding hydrogens is 321 g/mol. The number of likely N-dealkylation sites (N-methyl/N-ethyl adjacent to an activating group) is 1. The Labute approximate surface area is 149 Å². The molecule has 1 aliphatic rings.